The van der Waals surface area contributed by atoms with E-state index in [9.17, 15) is 18.0 Å². The van der Waals surface area contributed by atoms with Crippen LogP contribution < -0.4 is 5.32 Å². The minimum Gasteiger partial charge on any atom is -0.443 e. The van der Waals surface area contributed by atoms with Crippen LogP contribution in [-0.4, -0.2) is 10.9 Å². The van der Waals surface area contributed by atoms with Crippen LogP contribution >= 0.6 is 11.6 Å². The Morgan fingerprint density at radius 2 is 1.96 bits per heavy atom. The van der Waals surface area contributed by atoms with E-state index in [1.54, 1.807) is 6.07 Å². The lowest BCUT2D eigenvalue weighted by atomic mass is 10.1. The highest BCUT2D eigenvalue weighted by Gasteiger charge is 2.33. The van der Waals surface area contributed by atoms with Gasteiger partial charge in [0.05, 0.1) is 10.6 Å². The Balaban J connectivity index is 1.87. The molecule has 4 nitrogen and oxygen atoms in total. The number of alkyl halides is 3. The molecule has 1 aromatic heterocycles. The van der Waals surface area contributed by atoms with E-state index in [1.807, 2.05) is 0 Å². The van der Waals surface area contributed by atoms with Crippen LogP contribution in [0.15, 0.2) is 47.2 Å². The van der Waals surface area contributed by atoms with Gasteiger partial charge < -0.3 is 9.73 Å². The molecule has 0 aliphatic rings. The molecule has 2 aromatic carbocycles. The lowest BCUT2D eigenvalue weighted by Gasteiger charge is -2.11. The Hall–Kier alpha value is -2.54. The number of oxazole rings is 1. The lowest BCUT2D eigenvalue weighted by molar-refractivity contribution is -0.137. The largest absolute Gasteiger partial charge is 0.443 e. The zero-order valence-corrected chi connectivity index (χ0v) is 12.1. The Morgan fingerprint density at radius 1 is 1.17 bits per heavy atom. The molecule has 1 N–H and O–H groups in total. The van der Waals surface area contributed by atoms with Crippen LogP contribution in [0.1, 0.15) is 15.9 Å². The maximum atomic E-state index is 12.8. The van der Waals surface area contributed by atoms with Crippen LogP contribution in [0, 0.1) is 0 Å². The fourth-order valence-corrected chi connectivity index (χ4v) is 2.25. The van der Waals surface area contributed by atoms with Gasteiger partial charge in [-0.25, -0.2) is 4.98 Å². The van der Waals surface area contributed by atoms with Crippen LogP contribution in [0.4, 0.5) is 18.9 Å². The fourth-order valence-electron chi connectivity index (χ4n) is 2.02. The van der Waals surface area contributed by atoms with Crippen LogP contribution in [0.2, 0.25) is 5.02 Å². The van der Waals surface area contributed by atoms with Gasteiger partial charge in [-0.15, -0.1) is 0 Å². The Bertz CT molecular complexity index is 890. The molecule has 118 valence electrons. The number of anilines is 1. The van der Waals surface area contributed by atoms with E-state index in [2.05, 4.69) is 10.3 Å². The summed E-state index contributed by atoms with van der Waals surface area (Å²) in [5.41, 5.74) is 0.211. The third-order valence-electron chi connectivity index (χ3n) is 3.12. The predicted molar refractivity (Wildman–Crippen MR) is 78.4 cm³/mol. The third-order valence-corrected chi connectivity index (χ3v) is 3.45. The highest BCUT2D eigenvalue weighted by Crippen LogP contribution is 2.36. The minimum atomic E-state index is -4.60. The number of benzene rings is 2. The number of carbonyl (C=O) groups excluding carboxylic acids is 1. The van der Waals surface area contributed by atoms with Crippen molar-refractivity contribution in [3.8, 4) is 0 Å². The van der Waals surface area contributed by atoms with Gasteiger partial charge in [0.15, 0.2) is 12.0 Å². The summed E-state index contributed by atoms with van der Waals surface area (Å²) in [6, 6.07) is 7.69. The molecule has 23 heavy (non-hydrogen) atoms. The van der Waals surface area contributed by atoms with Crippen LogP contribution in [-0.2, 0) is 6.18 Å². The van der Waals surface area contributed by atoms with Crippen molar-refractivity contribution in [1.82, 2.24) is 4.98 Å². The predicted octanol–water partition coefficient (Wildman–Crippen LogP) is 4.75. The number of nitrogens with zero attached hydrogens (tertiary/aromatic N) is 1. The van der Waals surface area contributed by atoms with Gasteiger partial charge in [-0.1, -0.05) is 11.6 Å². The summed E-state index contributed by atoms with van der Waals surface area (Å²) >= 11 is 5.54. The number of carbonyl (C=O) groups is 1. The first kappa shape index (κ1) is 15.4. The third kappa shape index (κ3) is 3.14. The molecule has 1 heterocycles. The second-order valence-corrected chi connectivity index (χ2v) is 5.09. The summed E-state index contributed by atoms with van der Waals surface area (Å²) in [5.74, 6) is -0.564. The summed E-state index contributed by atoms with van der Waals surface area (Å²) < 4.78 is 43.5. The van der Waals surface area contributed by atoms with Crippen molar-refractivity contribution in [3.63, 3.8) is 0 Å². The van der Waals surface area contributed by atoms with E-state index in [0.29, 0.717) is 11.1 Å². The SMILES string of the molecule is O=C(Nc1ccc(Cl)c(C(F)(F)F)c1)c1ccc2ocnc2c1. The van der Waals surface area contributed by atoms with E-state index >= 15 is 0 Å². The molecule has 8 heteroatoms. The number of hydrogen-bond donors (Lipinski definition) is 1. The van der Waals surface area contributed by atoms with Crippen molar-refractivity contribution in [3.05, 3.63) is 58.9 Å². The maximum Gasteiger partial charge on any atom is 0.417 e. The standard InChI is InChI=1S/C15H8ClF3N2O2/c16-11-3-2-9(6-10(11)15(17,18)19)21-14(22)8-1-4-13-12(5-8)20-7-23-13/h1-7H,(H,21,22). The van der Waals surface area contributed by atoms with Crippen molar-refractivity contribution in [2.75, 3.05) is 5.32 Å². The van der Waals surface area contributed by atoms with Crippen molar-refractivity contribution in [1.29, 1.82) is 0 Å². The molecule has 1 amide bonds. The highest BCUT2D eigenvalue weighted by atomic mass is 35.5. The van der Waals surface area contributed by atoms with Gasteiger partial charge in [0.25, 0.3) is 5.91 Å². The second-order valence-electron chi connectivity index (χ2n) is 4.68. The van der Waals surface area contributed by atoms with Crippen LogP contribution in [0.5, 0.6) is 0 Å². The van der Waals surface area contributed by atoms with Crippen molar-refractivity contribution >= 4 is 34.3 Å². The summed E-state index contributed by atoms with van der Waals surface area (Å²) in [6.07, 6.45) is -3.36. The molecule has 0 spiro atoms. The quantitative estimate of drug-likeness (QED) is 0.732. The van der Waals surface area contributed by atoms with Crippen LogP contribution in [0.25, 0.3) is 11.1 Å². The van der Waals surface area contributed by atoms with Gasteiger partial charge in [-0.3, -0.25) is 4.79 Å². The zero-order valence-electron chi connectivity index (χ0n) is 11.3. The van der Waals surface area contributed by atoms with Gasteiger partial charge >= 0.3 is 6.18 Å². The van der Waals surface area contributed by atoms with Gasteiger partial charge in [-0.2, -0.15) is 13.2 Å². The number of amides is 1. The zero-order chi connectivity index (χ0) is 16.6. The van der Waals surface area contributed by atoms with Crippen molar-refractivity contribution in [2.24, 2.45) is 0 Å². The number of hydrogen-bond acceptors (Lipinski definition) is 3. The molecule has 0 fully saturated rings. The Labute approximate surface area is 132 Å². The fraction of sp³-hybridized carbons (Fsp3) is 0.0667. The average molecular weight is 341 g/mol. The molecule has 0 aliphatic heterocycles. The molecule has 0 saturated carbocycles. The lowest BCUT2D eigenvalue weighted by Crippen LogP contribution is -2.13. The average Bonchev–Trinajstić information content (AvgIpc) is 2.95. The second kappa shape index (κ2) is 5.58. The molecular formula is C15H8ClF3N2O2. The van der Waals surface area contributed by atoms with E-state index < -0.39 is 22.7 Å². The van der Waals surface area contributed by atoms with Gasteiger partial charge in [0.1, 0.15) is 5.52 Å². The number of halogens is 4. The highest BCUT2D eigenvalue weighted by molar-refractivity contribution is 6.31. The first-order valence-electron chi connectivity index (χ1n) is 6.36. The molecule has 0 radical (unpaired) electrons. The van der Waals surface area contributed by atoms with E-state index in [-0.39, 0.29) is 11.3 Å². The molecule has 0 saturated heterocycles. The topological polar surface area (TPSA) is 55.1 Å². The van der Waals surface area contributed by atoms with Gasteiger partial charge in [0, 0.05) is 11.3 Å². The summed E-state index contributed by atoms with van der Waals surface area (Å²) in [7, 11) is 0. The summed E-state index contributed by atoms with van der Waals surface area (Å²) in [4.78, 5) is 16.1. The number of nitrogens with one attached hydrogen (secondary N) is 1. The molecule has 0 atom stereocenters. The van der Waals surface area contributed by atoms with E-state index in [1.165, 1.54) is 24.6 Å². The summed E-state index contributed by atoms with van der Waals surface area (Å²) in [5, 5.41) is 1.97. The van der Waals surface area contributed by atoms with Gasteiger partial charge in [-0.05, 0) is 36.4 Å². The Morgan fingerprint density at radius 3 is 2.70 bits per heavy atom. The van der Waals surface area contributed by atoms with Crippen LogP contribution in [0.3, 0.4) is 0 Å². The smallest absolute Gasteiger partial charge is 0.417 e. The number of rotatable bonds is 2. The summed E-state index contributed by atoms with van der Waals surface area (Å²) in [6.45, 7) is 0. The van der Waals surface area contributed by atoms with Gasteiger partial charge in [0.2, 0.25) is 0 Å². The molecule has 3 rings (SSSR count). The minimum absolute atomic E-state index is 0.00743. The van der Waals surface area contributed by atoms with E-state index in [4.69, 9.17) is 16.0 Å². The monoisotopic (exact) mass is 340 g/mol. The Kier molecular flexibility index (Phi) is 3.73. The van der Waals surface area contributed by atoms with E-state index in [0.717, 1.165) is 12.1 Å². The normalized spacial score (nSPS) is 11.7. The first-order valence-corrected chi connectivity index (χ1v) is 6.74. The molecule has 3 aromatic rings. The number of fused-ring (bicyclic) bond motifs is 1. The molecular weight excluding hydrogens is 333 g/mol. The maximum absolute atomic E-state index is 12.8. The molecule has 0 unspecified atom stereocenters. The first-order chi connectivity index (χ1) is 10.8. The van der Waals surface area contributed by atoms with Crippen molar-refractivity contribution in [2.45, 2.75) is 6.18 Å². The van der Waals surface area contributed by atoms with Crippen molar-refractivity contribution < 1.29 is 22.4 Å². The molecule has 0 aliphatic carbocycles. The molecule has 0 bridgehead atoms. The number of aromatic nitrogens is 1.